The fraction of sp³-hybridized carbons (Fsp3) is 0.647. The zero-order valence-electron chi connectivity index (χ0n) is 13.3. The lowest BCUT2D eigenvalue weighted by molar-refractivity contribution is 0.209. The van der Waals surface area contributed by atoms with Gasteiger partial charge in [0, 0.05) is 24.2 Å². The monoisotopic (exact) mass is 280 g/mol. The molecule has 1 aromatic carbocycles. The van der Waals surface area contributed by atoms with Crippen molar-refractivity contribution in [1.82, 2.24) is 10.2 Å². The minimum atomic E-state index is -0.106. The molecule has 0 aliphatic carbocycles. The molecular formula is C17H29FN2. The summed E-state index contributed by atoms with van der Waals surface area (Å²) in [6.07, 6.45) is 2.09. The van der Waals surface area contributed by atoms with Crippen LogP contribution in [-0.2, 0) is 0 Å². The topological polar surface area (TPSA) is 15.3 Å². The average molecular weight is 280 g/mol. The molecule has 0 saturated heterocycles. The number of hydrogen-bond donors (Lipinski definition) is 1. The second kappa shape index (κ2) is 9.09. The first-order valence-electron chi connectivity index (χ1n) is 7.82. The predicted molar refractivity (Wildman–Crippen MR) is 84.4 cm³/mol. The van der Waals surface area contributed by atoms with Gasteiger partial charge in [-0.2, -0.15) is 0 Å². The standard InChI is InChI=1S/C17H29FN2/c1-5-12-20(14(3)4)13-11-17(19-6-2)15-9-7-8-10-16(15)18/h7-10,14,17,19H,5-6,11-13H2,1-4H3. The van der Waals surface area contributed by atoms with E-state index in [9.17, 15) is 4.39 Å². The molecule has 0 aliphatic heterocycles. The van der Waals surface area contributed by atoms with E-state index in [-0.39, 0.29) is 11.9 Å². The second-order valence-electron chi connectivity index (χ2n) is 5.55. The summed E-state index contributed by atoms with van der Waals surface area (Å²) in [5, 5.41) is 3.41. The molecule has 0 heterocycles. The fourth-order valence-electron chi connectivity index (χ4n) is 2.58. The van der Waals surface area contributed by atoms with E-state index in [1.165, 1.54) is 0 Å². The molecule has 0 saturated carbocycles. The van der Waals surface area contributed by atoms with Gasteiger partial charge in [-0.3, -0.25) is 0 Å². The van der Waals surface area contributed by atoms with Gasteiger partial charge in [-0.25, -0.2) is 4.39 Å². The van der Waals surface area contributed by atoms with Crippen LogP contribution in [0.2, 0.25) is 0 Å². The molecule has 1 rings (SSSR count). The molecule has 0 spiro atoms. The highest BCUT2D eigenvalue weighted by molar-refractivity contribution is 5.21. The molecule has 1 atom stereocenters. The zero-order valence-corrected chi connectivity index (χ0v) is 13.3. The molecular weight excluding hydrogens is 251 g/mol. The Kier molecular flexibility index (Phi) is 7.78. The Morgan fingerprint density at radius 2 is 1.85 bits per heavy atom. The van der Waals surface area contributed by atoms with Crippen LogP contribution in [0.5, 0.6) is 0 Å². The van der Waals surface area contributed by atoms with Crippen molar-refractivity contribution in [2.45, 2.75) is 52.6 Å². The van der Waals surface area contributed by atoms with E-state index in [0.29, 0.717) is 6.04 Å². The van der Waals surface area contributed by atoms with Crippen molar-refractivity contribution < 1.29 is 4.39 Å². The molecule has 0 aromatic heterocycles. The van der Waals surface area contributed by atoms with Gasteiger partial charge < -0.3 is 10.2 Å². The highest BCUT2D eigenvalue weighted by Gasteiger charge is 2.16. The lowest BCUT2D eigenvalue weighted by Gasteiger charge is -2.28. The first-order chi connectivity index (χ1) is 9.60. The minimum absolute atomic E-state index is 0.0966. The van der Waals surface area contributed by atoms with Gasteiger partial charge in [0.1, 0.15) is 5.82 Å². The molecule has 0 fully saturated rings. The average Bonchev–Trinajstić information content (AvgIpc) is 2.42. The summed E-state index contributed by atoms with van der Waals surface area (Å²) < 4.78 is 13.9. The Balaban J connectivity index is 2.70. The van der Waals surface area contributed by atoms with Gasteiger partial charge >= 0.3 is 0 Å². The lowest BCUT2D eigenvalue weighted by Crippen LogP contribution is -2.35. The van der Waals surface area contributed by atoms with Crippen molar-refractivity contribution >= 4 is 0 Å². The number of halogens is 1. The number of hydrogen-bond acceptors (Lipinski definition) is 2. The van der Waals surface area contributed by atoms with E-state index in [4.69, 9.17) is 0 Å². The number of nitrogens with zero attached hydrogens (tertiary/aromatic N) is 1. The van der Waals surface area contributed by atoms with Gasteiger partial charge in [0.25, 0.3) is 0 Å². The van der Waals surface area contributed by atoms with Gasteiger partial charge in [-0.15, -0.1) is 0 Å². The lowest BCUT2D eigenvalue weighted by atomic mass is 10.0. The zero-order chi connectivity index (χ0) is 15.0. The Bertz CT molecular complexity index is 379. The molecule has 0 bridgehead atoms. The van der Waals surface area contributed by atoms with Crippen LogP contribution in [0, 0.1) is 5.82 Å². The van der Waals surface area contributed by atoms with Crippen molar-refractivity contribution in [3.05, 3.63) is 35.6 Å². The molecule has 1 aromatic rings. The van der Waals surface area contributed by atoms with Crippen LogP contribution in [0.4, 0.5) is 4.39 Å². The predicted octanol–water partition coefficient (Wildman–Crippen LogP) is 3.99. The van der Waals surface area contributed by atoms with Gasteiger partial charge in [-0.05, 0) is 45.8 Å². The molecule has 0 amide bonds. The summed E-state index contributed by atoms with van der Waals surface area (Å²) in [7, 11) is 0. The van der Waals surface area contributed by atoms with Crippen LogP contribution in [0.15, 0.2) is 24.3 Å². The van der Waals surface area contributed by atoms with Crippen molar-refractivity contribution in [2.75, 3.05) is 19.6 Å². The Labute approximate surface area is 123 Å². The van der Waals surface area contributed by atoms with Crippen LogP contribution < -0.4 is 5.32 Å². The van der Waals surface area contributed by atoms with Gasteiger partial charge in [0.2, 0.25) is 0 Å². The van der Waals surface area contributed by atoms with Gasteiger partial charge in [0.15, 0.2) is 0 Å². The maximum atomic E-state index is 13.9. The summed E-state index contributed by atoms with van der Waals surface area (Å²) in [6, 6.07) is 7.74. The maximum Gasteiger partial charge on any atom is 0.127 e. The highest BCUT2D eigenvalue weighted by atomic mass is 19.1. The summed E-state index contributed by atoms with van der Waals surface area (Å²) in [4.78, 5) is 2.46. The van der Waals surface area contributed by atoms with E-state index in [2.05, 4.69) is 37.9 Å². The Morgan fingerprint density at radius 1 is 1.15 bits per heavy atom. The number of benzene rings is 1. The van der Waals surface area contributed by atoms with E-state index in [1.54, 1.807) is 12.1 Å². The summed E-state index contributed by atoms with van der Waals surface area (Å²) in [5.74, 6) is -0.106. The van der Waals surface area contributed by atoms with E-state index in [1.807, 2.05) is 12.1 Å². The number of rotatable bonds is 9. The number of nitrogens with one attached hydrogen (secondary N) is 1. The van der Waals surface area contributed by atoms with Gasteiger partial charge in [-0.1, -0.05) is 32.0 Å². The molecule has 20 heavy (non-hydrogen) atoms. The van der Waals surface area contributed by atoms with Crippen molar-refractivity contribution in [3.8, 4) is 0 Å². The molecule has 0 aliphatic rings. The Morgan fingerprint density at radius 3 is 2.40 bits per heavy atom. The maximum absolute atomic E-state index is 13.9. The summed E-state index contributed by atoms with van der Waals surface area (Å²) >= 11 is 0. The van der Waals surface area contributed by atoms with E-state index >= 15 is 0 Å². The third kappa shape index (κ3) is 5.22. The van der Waals surface area contributed by atoms with Crippen LogP contribution in [-0.4, -0.2) is 30.6 Å². The van der Waals surface area contributed by atoms with E-state index < -0.39 is 0 Å². The molecule has 1 unspecified atom stereocenters. The normalized spacial score (nSPS) is 13.2. The molecule has 0 radical (unpaired) electrons. The first kappa shape index (κ1) is 17.1. The summed E-state index contributed by atoms with van der Waals surface area (Å²) in [6.45, 7) is 11.7. The molecule has 2 nitrogen and oxygen atoms in total. The van der Waals surface area contributed by atoms with E-state index in [0.717, 1.165) is 38.0 Å². The van der Waals surface area contributed by atoms with Crippen molar-refractivity contribution in [3.63, 3.8) is 0 Å². The van der Waals surface area contributed by atoms with Crippen LogP contribution in [0.1, 0.15) is 52.1 Å². The summed E-state index contributed by atoms with van der Waals surface area (Å²) in [5.41, 5.74) is 0.787. The van der Waals surface area contributed by atoms with Crippen molar-refractivity contribution in [2.24, 2.45) is 0 Å². The quantitative estimate of drug-likeness (QED) is 0.736. The van der Waals surface area contributed by atoms with Crippen LogP contribution in [0.25, 0.3) is 0 Å². The highest BCUT2D eigenvalue weighted by Crippen LogP contribution is 2.20. The van der Waals surface area contributed by atoms with Crippen LogP contribution >= 0.6 is 0 Å². The smallest absolute Gasteiger partial charge is 0.127 e. The first-order valence-corrected chi connectivity index (χ1v) is 7.82. The third-order valence-corrected chi connectivity index (χ3v) is 3.68. The fourth-order valence-corrected chi connectivity index (χ4v) is 2.58. The SMILES string of the molecule is CCCN(CCC(NCC)c1ccccc1F)C(C)C. The third-order valence-electron chi connectivity index (χ3n) is 3.68. The molecule has 1 N–H and O–H groups in total. The minimum Gasteiger partial charge on any atom is -0.310 e. The Hall–Kier alpha value is -0.930. The second-order valence-corrected chi connectivity index (χ2v) is 5.55. The molecule has 114 valence electrons. The molecule has 3 heteroatoms. The van der Waals surface area contributed by atoms with Crippen LogP contribution in [0.3, 0.4) is 0 Å². The largest absolute Gasteiger partial charge is 0.310 e. The van der Waals surface area contributed by atoms with Crippen molar-refractivity contribution in [1.29, 1.82) is 0 Å². The van der Waals surface area contributed by atoms with Gasteiger partial charge in [0.05, 0.1) is 0 Å².